The highest BCUT2D eigenvalue weighted by molar-refractivity contribution is 7.20. The van der Waals surface area contributed by atoms with Gasteiger partial charge in [0.15, 0.2) is 0 Å². The van der Waals surface area contributed by atoms with Crippen LogP contribution in [0.2, 0.25) is 0 Å². The summed E-state index contributed by atoms with van der Waals surface area (Å²) in [5.41, 5.74) is 7.67. The van der Waals surface area contributed by atoms with Gasteiger partial charge in [-0.2, -0.15) is 0 Å². The van der Waals surface area contributed by atoms with Crippen LogP contribution in [0.1, 0.15) is 36.1 Å². The Balaban J connectivity index is 2.42. The molecule has 0 aliphatic rings. The van der Waals surface area contributed by atoms with E-state index < -0.39 is 5.60 Å². The molecule has 0 atom stereocenters. The smallest absolute Gasteiger partial charge is 0.367 e. The van der Waals surface area contributed by atoms with Crippen molar-refractivity contribution < 1.29 is 9.53 Å². The number of carbonyl (C=O) groups is 1. The van der Waals surface area contributed by atoms with Gasteiger partial charge in [-0.25, -0.2) is 9.78 Å². The zero-order valence-corrected chi connectivity index (χ0v) is 11.7. The molecule has 5 heteroatoms. The van der Waals surface area contributed by atoms with Gasteiger partial charge in [0, 0.05) is 5.69 Å². The molecule has 96 valence electrons. The van der Waals surface area contributed by atoms with Crippen molar-refractivity contribution in [3.8, 4) is 0 Å². The first kappa shape index (κ1) is 12.8. The van der Waals surface area contributed by atoms with Crippen molar-refractivity contribution in [3.63, 3.8) is 0 Å². The summed E-state index contributed by atoms with van der Waals surface area (Å²) in [5.74, 6) is -0.387. The molecular weight excluding hydrogens is 248 g/mol. The molecule has 0 amide bonds. The second-order valence-corrected chi connectivity index (χ2v) is 6.18. The van der Waals surface area contributed by atoms with Crippen molar-refractivity contribution in [2.45, 2.75) is 33.3 Å². The lowest BCUT2D eigenvalue weighted by molar-refractivity contribution is 0.00695. The predicted molar refractivity (Wildman–Crippen MR) is 73.9 cm³/mol. The van der Waals surface area contributed by atoms with Gasteiger partial charge < -0.3 is 10.5 Å². The lowest BCUT2D eigenvalue weighted by Gasteiger charge is -2.18. The number of carbonyl (C=O) groups excluding carboxylic acids is 1. The molecule has 0 bridgehead atoms. The first-order valence-corrected chi connectivity index (χ1v) is 6.48. The number of nitrogens with two attached hydrogens (primary N) is 1. The van der Waals surface area contributed by atoms with E-state index in [2.05, 4.69) is 4.98 Å². The lowest BCUT2D eigenvalue weighted by atomic mass is 10.2. The number of thiazole rings is 1. The molecule has 0 aliphatic carbocycles. The summed E-state index contributed by atoms with van der Waals surface area (Å²) < 4.78 is 6.25. The molecule has 0 radical (unpaired) electrons. The number of anilines is 1. The summed E-state index contributed by atoms with van der Waals surface area (Å²) in [5, 5.41) is 0.369. The minimum absolute atomic E-state index is 0.369. The maximum absolute atomic E-state index is 11.9. The third-order valence-corrected chi connectivity index (χ3v) is 3.43. The first-order chi connectivity index (χ1) is 8.28. The third-order valence-electron chi connectivity index (χ3n) is 2.43. The Labute approximate surface area is 110 Å². The van der Waals surface area contributed by atoms with E-state index >= 15 is 0 Å². The highest BCUT2D eigenvalue weighted by Gasteiger charge is 2.21. The van der Waals surface area contributed by atoms with Gasteiger partial charge in [0.05, 0.1) is 10.2 Å². The SMILES string of the molecule is Cc1c(N)ccc2sc(C(=O)OC(C)(C)C)nc12. The van der Waals surface area contributed by atoms with Gasteiger partial charge in [0.25, 0.3) is 0 Å². The molecule has 0 saturated heterocycles. The molecule has 4 nitrogen and oxygen atoms in total. The van der Waals surface area contributed by atoms with Crippen molar-refractivity contribution in [2.24, 2.45) is 0 Å². The summed E-state index contributed by atoms with van der Waals surface area (Å²) in [6, 6.07) is 3.71. The number of hydrogen-bond donors (Lipinski definition) is 1. The third kappa shape index (κ3) is 2.46. The zero-order valence-electron chi connectivity index (χ0n) is 10.9. The number of benzene rings is 1. The summed E-state index contributed by atoms with van der Waals surface area (Å²) in [6.07, 6.45) is 0. The molecule has 1 heterocycles. The first-order valence-electron chi connectivity index (χ1n) is 5.67. The Morgan fingerprint density at radius 3 is 2.67 bits per heavy atom. The molecule has 0 fully saturated rings. The highest BCUT2D eigenvalue weighted by Crippen LogP contribution is 2.29. The Morgan fingerprint density at radius 1 is 1.39 bits per heavy atom. The normalized spacial score (nSPS) is 11.8. The van der Waals surface area contributed by atoms with E-state index in [1.54, 1.807) is 0 Å². The summed E-state index contributed by atoms with van der Waals surface area (Å²) in [6.45, 7) is 7.40. The summed E-state index contributed by atoms with van der Waals surface area (Å²) >= 11 is 1.33. The van der Waals surface area contributed by atoms with E-state index in [9.17, 15) is 4.79 Å². The Hall–Kier alpha value is -1.62. The van der Waals surface area contributed by atoms with E-state index in [1.807, 2.05) is 39.8 Å². The number of hydrogen-bond acceptors (Lipinski definition) is 5. The number of ether oxygens (including phenoxy) is 1. The Morgan fingerprint density at radius 2 is 2.06 bits per heavy atom. The fourth-order valence-electron chi connectivity index (χ4n) is 1.55. The topological polar surface area (TPSA) is 65.2 Å². The number of nitrogens with zero attached hydrogens (tertiary/aromatic N) is 1. The standard InChI is InChI=1S/C13H16N2O2S/c1-7-8(14)5-6-9-10(7)15-11(18-9)12(16)17-13(2,3)4/h5-6H,14H2,1-4H3. The fraction of sp³-hybridized carbons (Fsp3) is 0.385. The highest BCUT2D eigenvalue weighted by atomic mass is 32.1. The summed E-state index contributed by atoms with van der Waals surface area (Å²) in [7, 11) is 0. The maximum Gasteiger partial charge on any atom is 0.367 e. The van der Waals surface area contributed by atoms with E-state index in [4.69, 9.17) is 10.5 Å². The lowest BCUT2D eigenvalue weighted by Crippen LogP contribution is -2.23. The minimum Gasteiger partial charge on any atom is -0.455 e. The second-order valence-electron chi connectivity index (χ2n) is 5.15. The van der Waals surface area contributed by atoms with Gasteiger partial charge in [-0.05, 0) is 45.4 Å². The van der Waals surface area contributed by atoms with Crippen LogP contribution < -0.4 is 5.73 Å². The van der Waals surface area contributed by atoms with E-state index in [0.717, 1.165) is 15.8 Å². The summed E-state index contributed by atoms with van der Waals surface area (Å²) in [4.78, 5) is 16.2. The van der Waals surface area contributed by atoms with E-state index in [1.165, 1.54) is 11.3 Å². The average Bonchev–Trinajstić information content (AvgIpc) is 2.66. The molecule has 18 heavy (non-hydrogen) atoms. The molecular formula is C13H16N2O2S. The van der Waals surface area contributed by atoms with Crippen LogP contribution in [0.25, 0.3) is 10.2 Å². The van der Waals surface area contributed by atoms with Gasteiger partial charge >= 0.3 is 5.97 Å². The number of fused-ring (bicyclic) bond motifs is 1. The van der Waals surface area contributed by atoms with Gasteiger partial charge in [-0.15, -0.1) is 11.3 Å². The number of nitrogen functional groups attached to an aromatic ring is 1. The molecule has 0 spiro atoms. The molecule has 2 N–H and O–H groups in total. The van der Waals surface area contributed by atoms with Gasteiger partial charge in [-0.1, -0.05) is 0 Å². The van der Waals surface area contributed by atoms with Crippen LogP contribution in [-0.4, -0.2) is 16.6 Å². The fourth-order valence-corrected chi connectivity index (χ4v) is 2.45. The number of rotatable bonds is 1. The van der Waals surface area contributed by atoms with Crippen LogP contribution in [0.4, 0.5) is 5.69 Å². The number of aromatic nitrogens is 1. The molecule has 0 unspecified atom stereocenters. The molecule has 0 aliphatic heterocycles. The van der Waals surface area contributed by atoms with Gasteiger partial charge in [-0.3, -0.25) is 0 Å². The Bertz CT molecular complexity index is 611. The monoisotopic (exact) mass is 264 g/mol. The van der Waals surface area contributed by atoms with Crippen LogP contribution in [0, 0.1) is 6.92 Å². The van der Waals surface area contributed by atoms with Crippen LogP contribution >= 0.6 is 11.3 Å². The largest absolute Gasteiger partial charge is 0.455 e. The van der Waals surface area contributed by atoms with Crippen molar-refractivity contribution in [1.82, 2.24) is 4.98 Å². The zero-order chi connectivity index (χ0) is 13.5. The maximum atomic E-state index is 11.9. The van der Waals surface area contributed by atoms with Crippen molar-refractivity contribution in [2.75, 3.05) is 5.73 Å². The average molecular weight is 264 g/mol. The van der Waals surface area contributed by atoms with E-state index in [-0.39, 0.29) is 5.97 Å². The van der Waals surface area contributed by atoms with Gasteiger partial charge in [0.2, 0.25) is 5.01 Å². The van der Waals surface area contributed by atoms with Crippen LogP contribution in [0.15, 0.2) is 12.1 Å². The molecule has 2 aromatic rings. The van der Waals surface area contributed by atoms with Crippen LogP contribution in [0.3, 0.4) is 0 Å². The molecule has 2 rings (SSSR count). The van der Waals surface area contributed by atoms with Crippen molar-refractivity contribution >= 4 is 33.2 Å². The predicted octanol–water partition coefficient (Wildman–Crippen LogP) is 3.14. The van der Waals surface area contributed by atoms with Crippen LogP contribution in [-0.2, 0) is 4.74 Å². The quantitative estimate of drug-likeness (QED) is 0.634. The van der Waals surface area contributed by atoms with E-state index in [0.29, 0.717) is 10.7 Å². The number of aryl methyl sites for hydroxylation is 1. The molecule has 1 aromatic carbocycles. The minimum atomic E-state index is -0.511. The molecule has 1 aromatic heterocycles. The van der Waals surface area contributed by atoms with Crippen molar-refractivity contribution in [1.29, 1.82) is 0 Å². The Kier molecular flexibility index (Phi) is 3.02. The number of esters is 1. The van der Waals surface area contributed by atoms with Crippen LogP contribution in [0.5, 0.6) is 0 Å². The second kappa shape index (κ2) is 4.24. The molecule has 0 saturated carbocycles. The van der Waals surface area contributed by atoms with Gasteiger partial charge in [0.1, 0.15) is 5.60 Å². The van der Waals surface area contributed by atoms with Crippen molar-refractivity contribution in [3.05, 3.63) is 22.7 Å².